The predicted molar refractivity (Wildman–Crippen MR) is 117 cm³/mol. The number of H-pyrrole nitrogens is 1. The lowest BCUT2D eigenvalue weighted by Crippen LogP contribution is -2.50. The summed E-state index contributed by atoms with van der Waals surface area (Å²) in [6.45, 7) is 2.71. The summed E-state index contributed by atoms with van der Waals surface area (Å²) in [7, 11) is -3.54. The van der Waals surface area contributed by atoms with Crippen LogP contribution in [-0.4, -0.2) is 74.1 Å². The van der Waals surface area contributed by atoms with Gasteiger partial charge in [-0.2, -0.15) is 9.40 Å². The highest BCUT2D eigenvalue weighted by Gasteiger charge is 2.32. The predicted octanol–water partition coefficient (Wildman–Crippen LogP) is 0.725. The van der Waals surface area contributed by atoms with Gasteiger partial charge in [0.1, 0.15) is 9.73 Å². The number of amides is 1. The van der Waals surface area contributed by atoms with Crippen LogP contribution in [0.2, 0.25) is 0 Å². The number of rotatable bonds is 4. The number of fused-ring (bicyclic) bond motifs is 1. The maximum Gasteiger partial charge on any atom is 0.276 e. The molecule has 11 nitrogen and oxygen atoms in total. The van der Waals surface area contributed by atoms with E-state index >= 15 is 0 Å². The van der Waals surface area contributed by atoms with Crippen LogP contribution in [0.25, 0.3) is 11.5 Å². The van der Waals surface area contributed by atoms with Crippen LogP contribution in [0.15, 0.2) is 51.0 Å². The number of carbonyl (C=O) groups is 1. The molecule has 32 heavy (non-hydrogen) atoms. The minimum absolute atomic E-state index is 0.196. The van der Waals surface area contributed by atoms with E-state index < -0.39 is 10.0 Å². The van der Waals surface area contributed by atoms with Crippen molar-refractivity contribution in [1.29, 1.82) is 0 Å². The topological polar surface area (TPSA) is 126 Å². The lowest BCUT2D eigenvalue weighted by Gasteiger charge is -2.33. The average Bonchev–Trinajstić information content (AvgIpc) is 3.54. The molecule has 0 aromatic carbocycles. The number of hydrogen-bond acceptors (Lipinski definition) is 7. The molecule has 0 radical (unpaired) electrons. The Morgan fingerprint density at radius 1 is 1.16 bits per heavy atom. The average molecular weight is 474 g/mol. The molecule has 0 atom stereocenters. The van der Waals surface area contributed by atoms with Crippen molar-refractivity contribution in [3.63, 3.8) is 0 Å². The van der Waals surface area contributed by atoms with Gasteiger partial charge in [0, 0.05) is 32.4 Å². The lowest BCUT2D eigenvalue weighted by atomic mass is 10.2. The van der Waals surface area contributed by atoms with Crippen molar-refractivity contribution < 1.29 is 13.2 Å². The van der Waals surface area contributed by atoms with Crippen LogP contribution in [0.1, 0.15) is 16.1 Å². The van der Waals surface area contributed by atoms with Crippen LogP contribution in [-0.2, 0) is 10.0 Å². The highest BCUT2D eigenvalue weighted by molar-refractivity contribution is 7.91. The van der Waals surface area contributed by atoms with E-state index in [-0.39, 0.29) is 43.6 Å². The summed E-state index contributed by atoms with van der Waals surface area (Å²) in [5.74, 6) is -0.0478. The van der Waals surface area contributed by atoms with Crippen molar-refractivity contribution in [2.45, 2.75) is 11.1 Å². The fraction of sp³-hybridized carbons (Fsp3) is 0.263. The zero-order valence-electron chi connectivity index (χ0n) is 17.0. The van der Waals surface area contributed by atoms with Crippen LogP contribution in [0.5, 0.6) is 0 Å². The number of aromatic nitrogens is 5. The van der Waals surface area contributed by atoms with Gasteiger partial charge in [-0.05, 0) is 30.5 Å². The fourth-order valence-electron chi connectivity index (χ4n) is 3.70. The van der Waals surface area contributed by atoms with Crippen LogP contribution in [0, 0.1) is 6.92 Å². The number of carbonyl (C=O) groups excluding carboxylic acids is 1. The Balaban J connectivity index is 1.35. The molecular weight excluding hydrogens is 454 g/mol. The Kier molecular flexibility index (Phi) is 4.95. The van der Waals surface area contributed by atoms with Crippen molar-refractivity contribution in [2.24, 2.45) is 0 Å². The van der Waals surface area contributed by atoms with Crippen molar-refractivity contribution in [3.05, 3.63) is 63.7 Å². The molecule has 13 heteroatoms. The summed E-state index contributed by atoms with van der Waals surface area (Å²) in [5.41, 5.74) is 0.990. The van der Waals surface area contributed by atoms with E-state index in [1.165, 1.54) is 31.0 Å². The molecule has 1 N–H and O–H groups in total. The highest BCUT2D eigenvalue weighted by atomic mass is 32.2. The third kappa shape index (κ3) is 3.34. The monoisotopic (exact) mass is 473 g/mol. The molecule has 0 bridgehead atoms. The van der Waals surface area contributed by atoms with Gasteiger partial charge in [-0.1, -0.05) is 6.07 Å². The number of nitrogens with zero attached hydrogens (tertiary/aromatic N) is 6. The van der Waals surface area contributed by atoms with Gasteiger partial charge >= 0.3 is 0 Å². The van der Waals surface area contributed by atoms with E-state index in [4.69, 9.17) is 0 Å². The second-order valence-corrected chi connectivity index (χ2v) is 10.4. The Bertz CT molecular complexity index is 1460. The number of hydrogen-bond donors (Lipinski definition) is 1. The summed E-state index contributed by atoms with van der Waals surface area (Å²) in [4.78, 5) is 29.6. The van der Waals surface area contributed by atoms with Gasteiger partial charge in [-0.15, -0.1) is 16.4 Å². The van der Waals surface area contributed by atoms with Crippen molar-refractivity contribution in [2.75, 3.05) is 26.2 Å². The maximum absolute atomic E-state index is 13.1. The second kappa shape index (κ2) is 7.69. The van der Waals surface area contributed by atoms with E-state index in [0.717, 1.165) is 0 Å². The minimum Gasteiger partial charge on any atom is -0.336 e. The molecule has 1 saturated heterocycles. The van der Waals surface area contributed by atoms with Crippen LogP contribution in [0.3, 0.4) is 0 Å². The standard InChI is InChI=1S/C19H19N7O4S2/c1-13-14(12-20-26(13)19-21-17(27)15-4-2-6-25(15)22-19)18(28)23-7-9-24(10-8-23)32(29,30)16-5-3-11-31-16/h2-6,11-12H,7-10H2,1H3,(H,21,22,27). The number of piperazine rings is 1. The molecular formula is C19H19N7O4S2. The third-order valence-corrected chi connectivity index (χ3v) is 8.72. The van der Waals surface area contributed by atoms with Crippen LogP contribution < -0.4 is 5.56 Å². The minimum atomic E-state index is -3.54. The summed E-state index contributed by atoms with van der Waals surface area (Å²) in [5, 5.41) is 10.3. The Labute approximate surface area is 186 Å². The number of thiophene rings is 1. The van der Waals surface area contributed by atoms with Gasteiger partial charge in [-0.25, -0.2) is 17.6 Å². The quantitative estimate of drug-likeness (QED) is 0.466. The van der Waals surface area contributed by atoms with Gasteiger partial charge in [0.2, 0.25) is 5.95 Å². The maximum atomic E-state index is 13.1. The van der Waals surface area contributed by atoms with Crippen molar-refractivity contribution in [3.8, 4) is 5.95 Å². The molecule has 0 spiro atoms. The molecule has 166 valence electrons. The normalized spacial score (nSPS) is 15.5. The van der Waals surface area contributed by atoms with Gasteiger partial charge in [0.05, 0.1) is 17.5 Å². The molecule has 1 aliphatic rings. The molecule has 1 fully saturated rings. The first-order valence-corrected chi connectivity index (χ1v) is 12.1. The molecule has 0 unspecified atom stereocenters. The van der Waals surface area contributed by atoms with E-state index in [1.807, 2.05) is 0 Å². The van der Waals surface area contributed by atoms with Crippen LogP contribution >= 0.6 is 11.3 Å². The largest absolute Gasteiger partial charge is 0.336 e. The molecule has 0 aliphatic carbocycles. The first kappa shape index (κ1) is 20.6. The zero-order valence-corrected chi connectivity index (χ0v) is 18.6. The number of aromatic amines is 1. The summed E-state index contributed by atoms with van der Waals surface area (Å²) < 4.78 is 29.9. The SMILES string of the molecule is Cc1c(C(=O)N2CCN(S(=O)(=O)c3cccs3)CC2)cnn1-c1nn2cccc2c(=O)[nH]1. The Morgan fingerprint density at radius 2 is 1.94 bits per heavy atom. The first-order valence-electron chi connectivity index (χ1n) is 9.82. The Hall–Kier alpha value is -3.29. The lowest BCUT2D eigenvalue weighted by molar-refractivity contribution is 0.0697. The molecule has 1 aliphatic heterocycles. The van der Waals surface area contributed by atoms with Gasteiger partial charge in [-0.3, -0.25) is 14.6 Å². The molecule has 1 amide bonds. The first-order chi connectivity index (χ1) is 15.4. The fourth-order valence-corrected chi connectivity index (χ4v) is 6.27. The van der Waals surface area contributed by atoms with E-state index in [2.05, 4.69) is 15.2 Å². The second-order valence-electron chi connectivity index (χ2n) is 7.30. The van der Waals surface area contributed by atoms with Crippen molar-refractivity contribution in [1.82, 2.24) is 33.6 Å². The van der Waals surface area contributed by atoms with Gasteiger partial charge in [0.15, 0.2) is 0 Å². The molecule has 0 saturated carbocycles. The number of nitrogens with one attached hydrogen (secondary N) is 1. The van der Waals surface area contributed by atoms with Crippen LogP contribution in [0.4, 0.5) is 0 Å². The third-order valence-electron chi connectivity index (χ3n) is 5.44. The molecule has 5 heterocycles. The van der Waals surface area contributed by atoms with E-state index in [1.54, 1.807) is 47.7 Å². The molecule has 5 rings (SSSR count). The van der Waals surface area contributed by atoms with Gasteiger partial charge < -0.3 is 4.90 Å². The Morgan fingerprint density at radius 3 is 2.66 bits per heavy atom. The van der Waals surface area contributed by atoms with E-state index in [9.17, 15) is 18.0 Å². The van der Waals surface area contributed by atoms with E-state index in [0.29, 0.717) is 21.0 Å². The highest BCUT2D eigenvalue weighted by Crippen LogP contribution is 2.23. The smallest absolute Gasteiger partial charge is 0.276 e. The summed E-state index contributed by atoms with van der Waals surface area (Å²) in [6, 6.07) is 6.65. The molecule has 4 aromatic rings. The summed E-state index contributed by atoms with van der Waals surface area (Å²) in [6.07, 6.45) is 3.09. The van der Waals surface area contributed by atoms with Crippen molar-refractivity contribution >= 4 is 32.8 Å². The molecule has 4 aromatic heterocycles. The van der Waals surface area contributed by atoms with Gasteiger partial charge in [0.25, 0.3) is 21.5 Å². The summed E-state index contributed by atoms with van der Waals surface area (Å²) >= 11 is 1.18. The number of sulfonamides is 1. The zero-order chi connectivity index (χ0) is 22.5.